The predicted octanol–water partition coefficient (Wildman–Crippen LogP) is 2.80. The minimum atomic E-state index is -1.05. The van der Waals surface area contributed by atoms with E-state index in [4.69, 9.17) is 0 Å². The molecule has 0 saturated heterocycles. The summed E-state index contributed by atoms with van der Waals surface area (Å²) in [5, 5.41) is 23.8. The van der Waals surface area contributed by atoms with Gasteiger partial charge in [0, 0.05) is 12.6 Å². The number of carbonyl (C=O) groups is 1. The summed E-state index contributed by atoms with van der Waals surface area (Å²) < 4.78 is 13.2. The van der Waals surface area contributed by atoms with E-state index < -0.39 is 27.9 Å². The average molecular weight is 312 g/mol. The van der Waals surface area contributed by atoms with Crippen LogP contribution in [0.5, 0.6) is 0 Å². The monoisotopic (exact) mass is 312 g/mol. The van der Waals surface area contributed by atoms with Crippen LogP contribution < -0.4 is 5.32 Å². The van der Waals surface area contributed by atoms with Crippen molar-refractivity contribution in [1.82, 2.24) is 5.32 Å². The Balaban J connectivity index is 2.89. The van der Waals surface area contributed by atoms with E-state index in [0.717, 1.165) is 31.0 Å². The molecule has 22 heavy (non-hydrogen) atoms. The van der Waals surface area contributed by atoms with Crippen molar-refractivity contribution in [1.29, 1.82) is 0 Å². The summed E-state index contributed by atoms with van der Waals surface area (Å²) in [4.78, 5) is 22.2. The standard InChI is InChI=1S/C15H21FN2O4/c1-3-7-15(20,8-4-2)10-17-14(19)12-9-11(16)5-6-13(12)18(21)22/h5-6,9,20H,3-4,7-8,10H2,1-2H3,(H,17,19). The predicted molar refractivity (Wildman–Crippen MR) is 80.2 cm³/mol. The highest BCUT2D eigenvalue weighted by Gasteiger charge is 2.27. The second-order valence-electron chi connectivity index (χ2n) is 5.33. The zero-order chi connectivity index (χ0) is 16.8. The number of nitrogens with zero attached hydrogens (tertiary/aromatic N) is 1. The zero-order valence-corrected chi connectivity index (χ0v) is 12.8. The molecule has 7 heteroatoms. The molecule has 2 N–H and O–H groups in total. The summed E-state index contributed by atoms with van der Waals surface area (Å²) in [6.07, 6.45) is 2.50. The van der Waals surface area contributed by atoms with Gasteiger partial charge in [0.15, 0.2) is 0 Å². The Morgan fingerprint density at radius 2 is 1.95 bits per heavy atom. The lowest BCUT2D eigenvalue weighted by molar-refractivity contribution is -0.385. The second kappa shape index (κ2) is 7.84. The number of hydrogen-bond donors (Lipinski definition) is 2. The first-order valence-corrected chi connectivity index (χ1v) is 7.27. The fourth-order valence-electron chi connectivity index (χ4n) is 2.42. The van der Waals surface area contributed by atoms with Crippen molar-refractivity contribution in [3.63, 3.8) is 0 Å². The van der Waals surface area contributed by atoms with E-state index in [2.05, 4.69) is 5.32 Å². The lowest BCUT2D eigenvalue weighted by Gasteiger charge is -2.27. The molecular weight excluding hydrogens is 291 g/mol. The third kappa shape index (κ3) is 4.77. The minimum Gasteiger partial charge on any atom is -0.388 e. The molecule has 0 aromatic heterocycles. The highest BCUT2D eigenvalue weighted by Crippen LogP contribution is 2.21. The number of rotatable bonds is 8. The molecule has 0 unspecified atom stereocenters. The first-order chi connectivity index (χ1) is 10.3. The third-order valence-electron chi connectivity index (χ3n) is 3.41. The van der Waals surface area contributed by atoms with Crippen LogP contribution in [0, 0.1) is 15.9 Å². The van der Waals surface area contributed by atoms with Gasteiger partial charge in [0.25, 0.3) is 11.6 Å². The van der Waals surface area contributed by atoms with Crippen molar-refractivity contribution in [2.45, 2.75) is 45.1 Å². The molecule has 0 bridgehead atoms. The third-order valence-corrected chi connectivity index (χ3v) is 3.41. The molecule has 0 aliphatic heterocycles. The van der Waals surface area contributed by atoms with Crippen LogP contribution in [0.25, 0.3) is 0 Å². The molecular formula is C15H21FN2O4. The molecule has 1 amide bonds. The highest BCUT2D eigenvalue weighted by molar-refractivity contribution is 5.98. The van der Waals surface area contributed by atoms with Crippen molar-refractivity contribution < 1.29 is 19.2 Å². The van der Waals surface area contributed by atoms with Crippen molar-refractivity contribution >= 4 is 11.6 Å². The summed E-state index contributed by atoms with van der Waals surface area (Å²) in [5.74, 6) is -1.50. The molecule has 1 aromatic rings. The van der Waals surface area contributed by atoms with Crippen LogP contribution in [0.3, 0.4) is 0 Å². The number of amides is 1. The molecule has 0 fully saturated rings. The van der Waals surface area contributed by atoms with Gasteiger partial charge in [-0.3, -0.25) is 14.9 Å². The quantitative estimate of drug-likeness (QED) is 0.570. The van der Waals surface area contributed by atoms with E-state index in [9.17, 15) is 24.4 Å². The first kappa shape index (κ1) is 18.0. The van der Waals surface area contributed by atoms with Gasteiger partial charge in [0.2, 0.25) is 0 Å². The highest BCUT2D eigenvalue weighted by atomic mass is 19.1. The smallest absolute Gasteiger partial charge is 0.282 e. The maximum Gasteiger partial charge on any atom is 0.282 e. The van der Waals surface area contributed by atoms with Gasteiger partial charge in [-0.2, -0.15) is 0 Å². The molecule has 0 radical (unpaired) electrons. The fourth-order valence-corrected chi connectivity index (χ4v) is 2.42. The van der Waals surface area contributed by atoms with Gasteiger partial charge < -0.3 is 10.4 Å². The fraction of sp³-hybridized carbons (Fsp3) is 0.533. The average Bonchev–Trinajstić information content (AvgIpc) is 2.45. The Morgan fingerprint density at radius 3 is 2.45 bits per heavy atom. The van der Waals surface area contributed by atoms with E-state index >= 15 is 0 Å². The summed E-state index contributed by atoms with van der Waals surface area (Å²) in [6, 6.07) is 2.71. The van der Waals surface area contributed by atoms with Gasteiger partial charge in [0.05, 0.1) is 10.5 Å². The number of hydrogen-bond acceptors (Lipinski definition) is 4. The van der Waals surface area contributed by atoms with E-state index in [-0.39, 0.29) is 12.1 Å². The van der Waals surface area contributed by atoms with E-state index in [0.29, 0.717) is 12.8 Å². The number of halogens is 1. The number of aliphatic hydroxyl groups is 1. The lowest BCUT2D eigenvalue weighted by atomic mass is 9.92. The molecule has 122 valence electrons. The van der Waals surface area contributed by atoms with E-state index in [1.165, 1.54) is 0 Å². The van der Waals surface area contributed by atoms with Gasteiger partial charge in [-0.25, -0.2) is 4.39 Å². The minimum absolute atomic E-state index is 0.0266. The Hall–Kier alpha value is -2.02. The Morgan fingerprint density at radius 1 is 1.36 bits per heavy atom. The Labute approximate surface area is 128 Å². The van der Waals surface area contributed by atoms with Gasteiger partial charge in [-0.05, 0) is 25.0 Å². The molecule has 6 nitrogen and oxygen atoms in total. The van der Waals surface area contributed by atoms with Crippen molar-refractivity contribution in [2.24, 2.45) is 0 Å². The van der Waals surface area contributed by atoms with E-state index in [1.54, 1.807) is 0 Å². The van der Waals surface area contributed by atoms with Gasteiger partial charge in [-0.1, -0.05) is 26.7 Å². The van der Waals surface area contributed by atoms with Crippen molar-refractivity contribution in [3.05, 3.63) is 39.7 Å². The summed E-state index contributed by atoms with van der Waals surface area (Å²) in [7, 11) is 0. The van der Waals surface area contributed by atoms with Crippen LogP contribution in [0.1, 0.15) is 49.9 Å². The molecule has 1 rings (SSSR count). The van der Waals surface area contributed by atoms with Gasteiger partial charge in [0.1, 0.15) is 11.4 Å². The molecule has 0 aliphatic carbocycles. The van der Waals surface area contributed by atoms with Crippen LogP contribution in [-0.4, -0.2) is 28.1 Å². The van der Waals surface area contributed by atoms with Crippen LogP contribution in [-0.2, 0) is 0 Å². The number of nitro groups is 1. The Kier molecular flexibility index (Phi) is 6.42. The zero-order valence-electron chi connectivity index (χ0n) is 12.8. The molecule has 0 spiro atoms. The number of benzene rings is 1. The summed E-state index contributed by atoms with van der Waals surface area (Å²) >= 11 is 0. The SMILES string of the molecule is CCCC(O)(CCC)CNC(=O)c1cc(F)ccc1[N+](=O)[O-]. The normalized spacial score (nSPS) is 11.3. The van der Waals surface area contributed by atoms with Crippen LogP contribution in [0.4, 0.5) is 10.1 Å². The largest absolute Gasteiger partial charge is 0.388 e. The number of nitrogens with one attached hydrogen (secondary N) is 1. The molecule has 0 heterocycles. The topological polar surface area (TPSA) is 92.5 Å². The molecule has 0 saturated carbocycles. The summed E-state index contributed by atoms with van der Waals surface area (Å²) in [5.41, 5.74) is -1.87. The van der Waals surface area contributed by atoms with Crippen LogP contribution in [0.15, 0.2) is 18.2 Å². The number of nitro benzene ring substituents is 1. The van der Waals surface area contributed by atoms with E-state index in [1.807, 2.05) is 13.8 Å². The van der Waals surface area contributed by atoms with Gasteiger partial charge >= 0.3 is 0 Å². The molecule has 1 aromatic carbocycles. The maximum absolute atomic E-state index is 13.2. The Bertz CT molecular complexity index is 542. The molecule has 0 aliphatic rings. The van der Waals surface area contributed by atoms with Gasteiger partial charge in [-0.15, -0.1) is 0 Å². The van der Waals surface area contributed by atoms with Crippen molar-refractivity contribution in [2.75, 3.05) is 6.54 Å². The van der Waals surface area contributed by atoms with Crippen LogP contribution >= 0.6 is 0 Å². The molecule has 0 atom stereocenters. The lowest BCUT2D eigenvalue weighted by Crippen LogP contribution is -2.43. The van der Waals surface area contributed by atoms with Crippen LogP contribution in [0.2, 0.25) is 0 Å². The second-order valence-corrected chi connectivity index (χ2v) is 5.33. The summed E-state index contributed by atoms with van der Waals surface area (Å²) in [6.45, 7) is 3.81. The first-order valence-electron chi connectivity index (χ1n) is 7.27. The maximum atomic E-state index is 13.2. The number of carbonyl (C=O) groups excluding carboxylic acids is 1. The van der Waals surface area contributed by atoms with Crippen molar-refractivity contribution in [3.8, 4) is 0 Å².